The van der Waals surface area contributed by atoms with Gasteiger partial charge in [-0.05, 0) is 43.2 Å². The van der Waals surface area contributed by atoms with Crippen LogP contribution in [0.15, 0.2) is 47.4 Å². The molecule has 0 bridgehead atoms. The molecule has 1 aliphatic heterocycles. The zero-order chi connectivity index (χ0) is 17.5. The number of aromatic carboxylic acids is 1. The van der Waals surface area contributed by atoms with Gasteiger partial charge in [0.2, 0.25) is 0 Å². The van der Waals surface area contributed by atoms with Crippen LogP contribution in [0.1, 0.15) is 22.8 Å². The van der Waals surface area contributed by atoms with Gasteiger partial charge in [-0.2, -0.15) is 0 Å². The Morgan fingerprint density at radius 2 is 1.96 bits per heavy atom. The Balaban J connectivity index is 2.18. The van der Waals surface area contributed by atoms with Crippen LogP contribution in [-0.2, 0) is 16.4 Å². The Bertz CT molecular complexity index is 907. The van der Waals surface area contributed by atoms with Crippen LogP contribution < -0.4 is 9.04 Å². The summed E-state index contributed by atoms with van der Waals surface area (Å²) in [6, 6.07) is 10.9. The van der Waals surface area contributed by atoms with Gasteiger partial charge in [0.25, 0.3) is 10.0 Å². The van der Waals surface area contributed by atoms with E-state index in [9.17, 15) is 13.2 Å². The van der Waals surface area contributed by atoms with Crippen LogP contribution in [0.2, 0.25) is 0 Å². The predicted molar refractivity (Wildman–Crippen MR) is 89.2 cm³/mol. The first kappa shape index (κ1) is 16.3. The predicted octanol–water partition coefficient (Wildman–Crippen LogP) is 2.53. The van der Waals surface area contributed by atoms with Crippen molar-refractivity contribution in [3.05, 3.63) is 53.6 Å². The molecule has 24 heavy (non-hydrogen) atoms. The SMILES string of the molecule is COc1ccc(C(=O)O)cc1S(=O)(=O)N1c2ccccc2C[C@@H]1C. The molecule has 0 aliphatic carbocycles. The van der Waals surface area contributed by atoms with E-state index in [0.29, 0.717) is 12.1 Å². The first-order valence-corrected chi connectivity index (χ1v) is 8.84. The van der Waals surface area contributed by atoms with Gasteiger partial charge in [0.05, 0.1) is 18.4 Å². The molecule has 0 saturated heterocycles. The summed E-state index contributed by atoms with van der Waals surface area (Å²) in [4.78, 5) is 11.1. The number of nitrogens with zero attached hydrogens (tertiary/aromatic N) is 1. The Hall–Kier alpha value is -2.54. The van der Waals surface area contributed by atoms with Gasteiger partial charge in [0, 0.05) is 6.04 Å². The maximum Gasteiger partial charge on any atom is 0.335 e. The lowest BCUT2D eigenvalue weighted by molar-refractivity contribution is 0.0696. The molecule has 0 saturated carbocycles. The number of ether oxygens (including phenoxy) is 1. The highest BCUT2D eigenvalue weighted by Crippen LogP contribution is 2.38. The van der Waals surface area contributed by atoms with E-state index in [4.69, 9.17) is 9.84 Å². The monoisotopic (exact) mass is 347 g/mol. The fraction of sp³-hybridized carbons (Fsp3) is 0.235. The number of hydrogen-bond donors (Lipinski definition) is 1. The number of fused-ring (bicyclic) bond motifs is 1. The molecule has 0 aromatic heterocycles. The third-order valence-electron chi connectivity index (χ3n) is 4.09. The van der Waals surface area contributed by atoms with Crippen molar-refractivity contribution in [3.8, 4) is 5.75 Å². The second kappa shape index (κ2) is 5.83. The van der Waals surface area contributed by atoms with Crippen LogP contribution in [0.25, 0.3) is 0 Å². The van der Waals surface area contributed by atoms with Crippen LogP contribution in [-0.4, -0.2) is 32.6 Å². The van der Waals surface area contributed by atoms with Crippen molar-refractivity contribution in [2.24, 2.45) is 0 Å². The molecule has 1 heterocycles. The van der Waals surface area contributed by atoms with Crippen LogP contribution >= 0.6 is 0 Å². The van der Waals surface area contributed by atoms with Crippen molar-refractivity contribution in [2.45, 2.75) is 24.3 Å². The molecule has 1 N–H and O–H groups in total. The lowest BCUT2D eigenvalue weighted by Gasteiger charge is -2.25. The maximum absolute atomic E-state index is 13.2. The lowest BCUT2D eigenvalue weighted by atomic mass is 10.1. The molecule has 3 rings (SSSR count). The van der Waals surface area contributed by atoms with E-state index in [2.05, 4.69) is 0 Å². The largest absolute Gasteiger partial charge is 0.495 e. The topological polar surface area (TPSA) is 83.9 Å². The van der Waals surface area contributed by atoms with Crippen LogP contribution in [0.4, 0.5) is 5.69 Å². The molecule has 2 aromatic carbocycles. The fourth-order valence-electron chi connectivity index (χ4n) is 3.02. The van der Waals surface area contributed by atoms with Crippen molar-refractivity contribution in [1.82, 2.24) is 0 Å². The van der Waals surface area contributed by atoms with Crippen molar-refractivity contribution >= 4 is 21.7 Å². The van der Waals surface area contributed by atoms with Crippen LogP contribution in [0.5, 0.6) is 5.75 Å². The van der Waals surface area contributed by atoms with Gasteiger partial charge in [-0.1, -0.05) is 18.2 Å². The Kier molecular flexibility index (Phi) is 3.96. The van der Waals surface area contributed by atoms with Crippen molar-refractivity contribution < 1.29 is 23.1 Å². The van der Waals surface area contributed by atoms with Gasteiger partial charge < -0.3 is 9.84 Å². The van der Waals surface area contributed by atoms with Crippen molar-refractivity contribution in [2.75, 3.05) is 11.4 Å². The van der Waals surface area contributed by atoms with E-state index < -0.39 is 16.0 Å². The second-order valence-corrected chi connectivity index (χ2v) is 7.44. The number of carbonyl (C=O) groups is 1. The highest BCUT2D eigenvalue weighted by Gasteiger charge is 2.37. The smallest absolute Gasteiger partial charge is 0.335 e. The van der Waals surface area contributed by atoms with Gasteiger partial charge in [0.1, 0.15) is 10.6 Å². The van der Waals surface area contributed by atoms with Crippen molar-refractivity contribution in [1.29, 1.82) is 0 Å². The zero-order valence-corrected chi connectivity index (χ0v) is 14.1. The standard InChI is InChI=1S/C17H17NO5S/c1-11-9-12-5-3-4-6-14(12)18(11)24(21,22)16-10-13(17(19)20)7-8-15(16)23-2/h3-8,10-11H,9H2,1-2H3,(H,19,20)/t11-/m0/s1. The molecule has 0 amide bonds. The molecule has 0 fully saturated rings. The molecule has 6 nitrogen and oxygen atoms in total. The molecule has 126 valence electrons. The first-order valence-electron chi connectivity index (χ1n) is 7.40. The molecular weight excluding hydrogens is 330 g/mol. The summed E-state index contributed by atoms with van der Waals surface area (Å²) in [6.45, 7) is 1.82. The van der Waals surface area contributed by atoms with Gasteiger partial charge >= 0.3 is 5.97 Å². The number of benzene rings is 2. The summed E-state index contributed by atoms with van der Waals surface area (Å²) >= 11 is 0. The summed E-state index contributed by atoms with van der Waals surface area (Å²) in [5.41, 5.74) is 1.46. The number of hydrogen-bond acceptors (Lipinski definition) is 4. The van der Waals surface area contributed by atoms with Crippen LogP contribution in [0, 0.1) is 0 Å². The molecule has 1 aliphatic rings. The number of methoxy groups -OCH3 is 1. The summed E-state index contributed by atoms with van der Waals surface area (Å²) in [7, 11) is -2.60. The lowest BCUT2D eigenvalue weighted by Crippen LogP contribution is -2.36. The number of carboxylic acid groups (broad SMARTS) is 1. The van der Waals surface area contributed by atoms with E-state index >= 15 is 0 Å². The average Bonchev–Trinajstić information content (AvgIpc) is 2.90. The zero-order valence-electron chi connectivity index (χ0n) is 13.3. The minimum absolute atomic E-state index is 0.102. The minimum atomic E-state index is -3.96. The van der Waals surface area contributed by atoms with E-state index in [1.165, 1.54) is 23.5 Å². The Morgan fingerprint density at radius 1 is 1.25 bits per heavy atom. The first-order chi connectivity index (χ1) is 11.4. The van der Waals surface area contributed by atoms with E-state index in [1.807, 2.05) is 19.1 Å². The maximum atomic E-state index is 13.2. The number of sulfonamides is 1. The molecule has 7 heteroatoms. The van der Waals surface area contributed by atoms with E-state index in [1.54, 1.807) is 12.1 Å². The number of rotatable bonds is 4. The van der Waals surface area contributed by atoms with E-state index in [-0.39, 0.29) is 22.3 Å². The molecular formula is C17H17NO5S. The summed E-state index contributed by atoms with van der Waals surface area (Å²) in [5.74, 6) is -1.07. The summed E-state index contributed by atoms with van der Waals surface area (Å²) in [6.07, 6.45) is 0.607. The quantitative estimate of drug-likeness (QED) is 0.919. The van der Waals surface area contributed by atoms with Gasteiger partial charge in [-0.3, -0.25) is 4.31 Å². The fourth-order valence-corrected chi connectivity index (χ4v) is 4.90. The third kappa shape index (κ3) is 2.50. The summed E-state index contributed by atoms with van der Waals surface area (Å²) < 4.78 is 32.9. The number of carboxylic acids is 1. The highest BCUT2D eigenvalue weighted by atomic mass is 32.2. The second-order valence-electron chi connectivity index (χ2n) is 5.65. The molecule has 1 atom stereocenters. The van der Waals surface area contributed by atoms with E-state index in [0.717, 1.165) is 11.6 Å². The molecule has 0 radical (unpaired) electrons. The van der Waals surface area contributed by atoms with Crippen LogP contribution in [0.3, 0.4) is 0 Å². The molecule has 0 spiro atoms. The average molecular weight is 347 g/mol. The van der Waals surface area contributed by atoms with Crippen molar-refractivity contribution in [3.63, 3.8) is 0 Å². The highest BCUT2D eigenvalue weighted by molar-refractivity contribution is 7.93. The van der Waals surface area contributed by atoms with Gasteiger partial charge in [0.15, 0.2) is 0 Å². The molecule has 0 unspecified atom stereocenters. The number of anilines is 1. The Labute approximate surface area is 140 Å². The normalized spacial score (nSPS) is 16.8. The number of para-hydroxylation sites is 1. The molecule has 2 aromatic rings. The third-order valence-corrected chi connectivity index (χ3v) is 6.04. The van der Waals surface area contributed by atoms with Gasteiger partial charge in [-0.15, -0.1) is 0 Å². The van der Waals surface area contributed by atoms with Gasteiger partial charge in [-0.25, -0.2) is 13.2 Å². The Morgan fingerprint density at radius 3 is 2.62 bits per heavy atom. The summed E-state index contributed by atoms with van der Waals surface area (Å²) in [5, 5.41) is 9.16. The minimum Gasteiger partial charge on any atom is -0.495 e.